The number of ether oxygens (including phenoxy) is 1. The highest BCUT2D eigenvalue weighted by molar-refractivity contribution is 7.92. The molecule has 7 heteroatoms. The zero-order valence-electron chi connectivity index (χ0n) is 18.6. The number of hydrogen-bond donors (Lipinski definition) is 1. The Bertz CT molecular complexity index is 1540. The highest BCUT2D eigenvalue weighted by atomic mass is 32.2. The van der Waals surface area contributed by atoms with Crippen LogP contribution in [0.15, 0.2) is 126 Å². The number of aromatic nitrogens is 2. The number of sulfonamides is 1. The van der Waals surface area contributed by atoms with E-state index in [0.29, 0.717) is 11.4 Å². The van der Waals surface area contributed by atoms with Crippen LogP contribution in [-0.4, -0.2) is 18.4 Å². The predicted octanol–water partition coefficient (Wildman–Crippen LogP) is 6.40. The molecule has 1 N–H and O–H groups in total. The standard InChI is InChI=1S/C28H21N3O3S/c32-35(33,23-16-8-3-9-17-23)31-28-29-26(20-27(30-28)34-22-14-6-2-7-15-22)25-19-11-10-18-24(25)21-12-4-1-5-13-21/h1-20H,(H,29,30,31). The number of rotatable bonds is 7. The van der Waals surface area contributed by atoms with Crippen molar-refractivity contribution in [3.63, 3.8) is 0 Å². The summed E-state index contributed by atoms with van der Waals surface area (Å²) in [6.07, 6.45) is 0. The summed E-state index contributed by atoms with van der Waals surface area (Å²) in [6.45, 7) is 0. The van der Waals surface area contributed by atoms with Crippen LogP contribution in [0.1, 0.15) is 0 Å². The maximum atomic E-state index is 13.0. The molecule has 1 aromatic heterocycles. The van der Waals surface area contributed by atoms with Gasteiger partial charge in [0.25, 0.3) is 10.0 Å². The Morgan fingerprint density at radius 1 is 0.629 bits per heavy atom. The van der Waals surface area contributed by atoms with Crippen molar-refractivity contribution in [3.05, 3.63) is 121 Å². The first kappa shape index (κ1) is 22.3. The normalized spacial score (nSPS) is 11.1. The van der Waals surface area contributed by atoms with E-state index in [9.17, 15) is 8.42 Å². The maximum Gasteiger partial charge on any atom is 0.264 e. The third-order valence-electron chi connectivity index (χ3n) is 5.24. The van der Waals surface area contributed by atoms with Crippen molar-refractivity contribution >= 4 is 16.0 Å². The van der Waals surface area contributed by atoms with E-state index in [1.54, 1.807) is 36.4 Å². The summed E-state index contributed by atoms with van der Waals surface area (Å²) in [5, 5.41) is 0. The largest absolute Gasteiger partial charge is 0.439 e. The van der Waals surface area contributed by atoms with Gasteiger partial charge in [-0.1, -0.05) is 91.0 Å². The van der Waals surface area contributed by atoms with Crippen molar-refractivity contribution in [2.75, 3.05) is 4.72 Å². The summed E-state index contributed by atoms with van der Waals surface area (Å²) < 4.78 is 34.4. The molecule has 0 saturated carbocycles. The molecule has 0 radical (unpaired) electrons. The minimum atomic E-state index is -3.89. The van der Waals surface area contributed by atoms with Crippen molar-refractivity contribution in [3.8, 4) is 34.0 Å². The molecule has 4 aromatic carbocycles. The smallest absolute Gasteiger partial charge is 0.264 e. The van der Waals surface area contributed by atoms with Crippen molar-refractivity contribution in [2.45, 2.75) is 4.90 Å². The fourth-order valence-electron chi connectivity index (χ4n) is 3.62. The minimum absolute atomic E-state index is 0.0832. The lowest BCUT2D eigenvalue weighted by molar-refractivity contribution is 0.463. The first-order chi connectivity index (χ1) is 17.1. The van der Waals surface area contributed by atoms with Gasteiger partial charge in [0.2, 0.25) is 11.8 Å². The van der Waals surface area contributed by atoms with Crippen LogP contribution in [0.4, 0.5) is 5.95 Å². The van der Waals surface area contributed by atoms with Crippen LogP contribution in [-0.2, 0) is 10.0 Å². The molecule has 0 aliphatic carbocycles. The Morgan fingerprint density at radius 3 is 1.89 bits per heavy atom. The van der Waals surface area contributed by atoms with E-state index in [-0.39, 0.29) is 16.7 Å². The predicted molar refractivity (Wildman–Crippen MR) is 137 cm³/mol. The van der Waals surface area contributed by atoms with E-state index in [2.05, 4.69) is 14.7 Å². The molecule has 0 bridgehead atoms. The molecule has 0 atom stereocenters. The summed E-state index contributed by atoms with van der Waals surface area (Å²) >= 11 is 0. The van der Waals surface area contributed by atoms with Crippen LogP contribution in [0.2, 0.25) is 0 Å². The summed E-state index contributed by atoms with van der Waals surface area (Å²) in [5.74, 6) is 0.709. The second kappa shape index (κ2) is 9.79. The van der Waals surface area contributed by atoms with Gasteiger partial charge in [-0.3, -0.25) is 0 Å². The van der Waals surface area contributed by atoms with Crippen LogP contribution < -0.4 is 9.46 Å². The Hall–Kier alpha value is -4.49. The van der Waals surface area contributed by atoms with Crippen molar-refractivity contribution in [1.82, 2.24) is 9.97 Å². The summed E-state index contributed by atoms with van der Waals surface area (Å²) in [4.78, 5) is 9.02. The van der Waals surface area contributed by atoms with Gasteiger partial charge < -0.3 is 4.74 Å². The van der Waals surface area contributed by atoms with Gasteiger partial charge in [0.1, 0.15) is 5.75 Å². The quantitative estimate of drug-likeness (QED) is 0.292. The Balaban J connectivity index is 1.61. The Morgan fingerprint density at radius 2 is 1.20 bits per heavy atom. The Kier molecular flexibility index (Phi) is 6.24. The molecule has 1 heterocycles. The SMILES string of the molecule is O=S(=O)(Nc1nc(Oc2ccccc2)cc(-c2ccccc2-c2ccccc2)n1)c1ccccc1. The van der Waals surface area contributed by atoms with Gasteiger partial charge in [0.05, 0.1) is 10.6 Å². The Labute approximate surface area is 204 Å². The topological polar surface area (TPSA) is 81.2 Å². The van der Waals surface area contributed by atoms with Gasteiger partial charge in [-0.05, 0) is 35.4 Å². The van der Waals surface area contributed by atoms with Gasteiger partial charge in [-0.2, -0.15) is 4.98 Å². The zero-order chi connectivity index (χ0) is 24.1. The van der Waals surface area contributed by atoms with Crippen LogP contribution >= 0.6 is 0 Å². The molecule has 0 unspecified atom stereocenters. The molecule has 5 rings (SSSR count). The number of nitrogens with zero attached hydrogens (tertiary/aromatic N) is 2. The molecule has 0 spiro atoms. The van der Waals surface area contributed by atoms with Gasteiger partial charge in [0.15, 0.2) is 0 Å². The van der Waals surface area contributed by atoms with Crippen molar-refractivity contribution < 1.29 is 13.2 Å². The number of hydrogen-bond acceptors (Lipinski definition) is 5. The van der Waals surface area contributed by atoms with Crippen molar-refractivity contribution in [2.24, 2.45) is 0 Å². The van der Waals surface area contributed by atoms with E-state index in [0.717, 1.165) is 16.7 Å². The molecule has 0 aliphatic heterocycles. The highest BCUT2D eigenvalue weighted by Crippen LogP contribution is 2.33. The first-order valence-electron chi connectivity index (χ1n) is 10.9. The fourth-order valence-corrected chi connectivity index (χ4v) is 4.59. The fraction of sp³-hybridized carbons (Fsp3) is 0. The van der Waals surface area contributed by atoms with E-state index in [4.69, 9.17) is 4.74 Å². The van der Waals surface area contributed by atoms with Gasteiger partial charge in [0, 0.05) is 11.6 Å². The number of anilines is 1. The summed E-state index contributed by atoms with van der Waals surface area (Å²) in [6, 6.07) is 36.7. The van der Waals surface area contributed by atoms with E-state index in [1.807, 2.05) is 72.8 Å². The molecule has 0 aliphatic rings. The molecule has 5 aromatic rings. The summed E-state index contributed by atoms with van der Waals surface area (Å²) in [5.41, 5.74) is 3.31. The molecule has 35 heavy (non-hydrogen) atoms. The van der Waals surface area contributed by atoms with Gasteiger partial charge in [-0.25, -0.2) is 18.1 Å². The zero-order valence-corrected chi connectivity index (χ0v) is 19.4. The minimum Gasteiger partial charge on any atom is -0.439 e. The van der Waals surface area contributed by atoms with Crippen LogP contribution in [0.5, 0.6) is 11.6 Å². The monoisotopic (exact) mass is 479 g/mol. The van der Waals surface area contributed by atoms with Crippen LogP contribution in [0.25, 0.3) is 22.4 Å². The average Bonchev–Trinajstić information content (AvgIpc) is 2.90. The number of para-hydroxylation sites is 1. The molecular formula is C28H21N3O3S. The van der Waals surface area contributed by atoms with Gasteiger partial charge in [-0.15, -0.1) is 0 Å². The maximum absolute atomic E-state index is 13.0. The molecule has 0 amide bonds. The molecule has 172 valence electrons. The lowest BCUT2D eigenvalue weighted by Gasteiger charge is -2.13. The number of nitrogens with one attached hydrogen (secondary N) is 1. The highest BCUT2D eigenvalue weighted by Gasteiger charge is 2.18. The van der Waals surface area contributed by atoms with Crippen LogP contribution in [0, 0.1) is 0 Å². The molecule has 0 fully saturated rings. The molecular weight excluding hydrogens is 458 g/mol. The second-order valence-electron chi connectivity index (χ2n) is 7.66. The third kappa shape index (κ3) is 5.20. The second-order valence-corrected chi connectivity index (χ2v) is 9.34. The lowest BCUT2D eigenvalue weighted by atomic mass is 9.97. The molecule has 6 nitrogen and oxygen atoms in total. The number of benzene rings is 4. The lowest BCUT2D eigenvalue weighted by Crippen LogP contribution is -2.15. The first-order valence-corrected chi connectivity index (χ1v) is 12.4. The van der Waals surface area contributed by atoms with Crippen LogP contribution in [0.3, 0.4) is 0 Å². The summed E-state index contributed by atoms with van der Waals surface area (Å²) in [7, 11) is -3.89. The average molecular weight is 480 g/mol. The van der Waals surface area contributed by atoms with Gasteiger partial charge >= 0.3 is 0 Å². The van der Waals surface area contributed by atoms with E-state index >= 15 is 0 Å². The van der Waals surface area contributed by atoms with E-state index in [1.165, 1.54) is 12.1 Å². The van der Waals surface area contributed by atoms with Crippen molar-refractivity contribution in [1.29, 1.82) is 0 Å². The third-order valence-corrected chi connectivity index (χ3v) is 6.58. The van der Waals surface area contributed by atoms with E-state index < -0.39 is 10.0 Å². The molecule has 0 saturated heterocycles.